The summed E-state index contributed by atoms with van der Waals surface area (Å²) in [6, 6.07) is 4.45. The van der Waals surface area contributed by atoms with E-state index in [1.54, 1.807) is 0 Å². The van der Waals surface area contributed by atoms with Crippen molar-refractivity contribution in [2.75, 3.05) is 7.05 Å². The summed E-state index contributed by atoms with van der Waals surface area (Å²) in [5, 5.41) is 3.15. The lowest BCUT2D eigenvalue weighted by Gasteiger charge is -2.08. The quantitative estimate of drug-likeness (QED) is 0.693. The molecular weight excluding hydrogens is 136 g/mol. The molecule has 0 fully saturated rings. The van der Waals surface area contributed by atoms with Gasteiger partial charge in [0.1, 0.15) is 0 Å². The van der Waals surface area contributed by atoms with Crippen LogP contribution in [0.15, 0.2) is 18.3 Å². The van der Waals surface area contributed by atoms with E-state index in [1.807, 2.05) is 19.3 Å². The van der Waals surface area contributed by atoms with Gasteiger partial charge in [0, 0.05) is 12.2 Å². The zero-order valence-electron chi connectivity index (χ0n) is 7.26. The molecule has 60 valence electrons. The van der Waals surface area contributed by atoms with Gasteiger partial charge in [-0.25, -0.2) is 0 Å². The van der Waals surface area contributed by atoms with Gasteiger partial charge in [0.05, 0.1) is 5.69 Å². The lowest BCUT2D eigenvalue weighted by molar-refractivity contribution is 0.632. The second kappa shape index (κ2) is 3.49. The summed E-state index contributed by atoms with van der Waals surface area (Å²) in [6.07, 6.45) is 1.85. The van der Waals surface area contributed by atoms with Crippen LogP contribution in [0.1, 0.15) is 24.2 Å². The lowest BCUT2D eigenvalue weighted by atomic mass is 10.2. The molecule has 0 aliphatic heterocycles. The Hall–Kier alpha value is -0.890. The molecular formula is C9H14N2. The molecule has 0 saturated carbocycles. The molecule has 1 unspecified atom stereocenters. The van der Waals surface area contributed by atoms with Crippen LogP contribution in [0, 0.1) is 6.92 Å². The van der Waals surface area contributed by atoms with Crippen LogP contribution in [0.5, 0.6) is 0 Å². The van der Waals surface area contributed by atoms with Crippen LogP contribution in [-0.2, 0) is 0 Å². The molecule has 2 heteroatoms. The van der Waals surface area contributed by atoms with E-state index in [2.05, 4.69) is 30.2 Å². The van der Waals surface area contributed by atoms with Gasteiger partial charge in [-0.3, -0.25) is 4.98 Å². The van der Waals surface area contributed by atoms with Gasteiger partial charge in [0.2, 0.25) is 0 Å². The molecule has 1 rings (SSSR count). The highest BCUT2D eigenvalue weighted by Gasteiger charge is 2.01. The first kappa shape index (κ1) is 8.21. The summed E-state index contributed by atoms with van der Waals surface area (Å²) in [5.74, 6) is 0. The summed E-state index contributed by atoms with van der Waals surface area (Å²) in [7, 11) is 1.94. The maximum Gasteiger partial charge on any atom is 0.0572 e. The molecule has 0 aromatic carbocycles. The Kier molecular flexibility index (Phi) is 2.60. The average Bonchev–Trinajstić information content (AvgIpc) is 2.03. The SMILES string of the molecule is CNC(C)c1cc(C)ccn1. The molecule has 1 atom stereocenters. The number of nitrogens with zero attached hydrogens (tertiary/aromatic N) is 1. The summed E-state index contributed by atoms with van der Waals surface area (Å²) in [5.41, 5.74) is 2.37. The minimum atomic E-state index is 0.342. The largest absolute Gasteiger partial charge is 0.312 e. The third-order valence-electron chi connectivity index (χ3n) is 1.81. The molecule has 0 bridgehead atoms. The summed E-state index contributed by atoms with van der Waals surface area (Å²) >= 11 is 0. The lowest BCUT2D eigenvalue weighted by Crippen LogP contribution is -2.13. The molecule has 0 spiro atoms. The van der Waals surface area contributed by atoms with Crippen molar-refractivity contribution in [3.8, 4) is 0 Å². The molecule has 1 N–H and O–H groups in total. The fourth-order valence-corrected chi connectivity index (χ4v) is 0.944. The summed E-state index contributed by atoms with van der Waals surface area (Å²) < 4.78 is 0. The first-order valence-corrected chi connectivity index (χ1v) is 3.84. The van der Waals surface area contributed by atoms with Gasteiger partial charge in [0.15, 0.2) is 0 Å². The van der Waals surface area contributed by atoms with E-state index in [0.29, 0.717) is 6.04 Å². The van der Waals surface area contributed by atoms with Crippen LogP contribution in [0.25, 0.3) is 0 Å². The van der Waals surface area contributed by atoms with E-state index in [0.717, 1.165) is 5.69 Å². The van der Waals surface area contributed by atoms with E-state index in [1.165, 1.54) is 5.56 Å². The molecule has 1 heterocycles. The standard InChI is InChI=1S/C9H14N2/c1-7-4-5-11-9(6-7)8(2)10-3/h4-6,8,10H,1-3H3. The maximum absolute atomic E-state index is 4.25. The molecule has 1 aromatic heterocycles. The third kappa shape index (κ3) is 2.02. The Morgan fingerprint density at radius 2 is 2.27 bits per heavy atom. The number of aromatic nitrogens is 1. The Morgan fingerprint density at radius 1 is 1.55 bits per heavy atom. The Balaban J connectivity index is 2.86. The Bertz CT molecular complexity index is 233. The molecule has 1 aromatic rings. The number of pyridine rings is 1. The molecule has 0 aliphatic rings. The van der Waals surface area contributed by atoms with Crippen LogP contribution in [-0.4, -0.2) is 12.0 Å². The smallest absolute Gasteiger partial charge is 0.0572 e. The average molecular weight is 150 g/mol. The highest BCUT2D eigenvalue weighted by Crippen LogP contribution is 2.08. The van der Waals surface area contributed by atoms with Gasteiger partial charge in [-0.15, -0.1) is 0 Å². The first-order valence-electron chi connectivity index (χ1n) is 3.84. The van der Waals surface area contributed by atoms with Crippen molar-refractivity contribution in [3.05, 3.63) is 29.6 Å². The molecule has 0 aliphatic carbocycles. The normalized spacial score (nSPS) is 13.0. The van der Waals surface area contributed by atoms with E-state index >= 15 is 0 Å². The number of rotatable bonds is 2. The Morgan fingerprint density at radius 3 is 2.82 bits per heavy atom. The van der Waals surface area contributed by atoms with Crippen molar-refractivity contribution < 1.29 is 0 Å². The second-order valence-electron chi connectivity index (χ2n) is 2.77. The monoisotopic (exact) mass is 150 g/mol. The van der Waals surface area contributed by atoms with Gasteiger partial charge in [-0.1, -0.05) is 0 Å². The zero-order valence-corrected chi connectivity index (χ0v) is 7.26. The van der Waals surface area contributed by atoms with Gasteiger partial charge in [0.25, 0.3) is 0 Å². The predicted octanol–water partition coefficient (Wildman–Crippen LogP) is 1.67. The van der Waals surface area contributed by atoms with Gasteiger partial charge >= 0.3 is 0 Å². The van der Waals surface area contributed by atoms with E-state index in [-0.39, 0.29) is 0 Å². The topological polar surface area (TPSA) is 24.9 Å². The Labute approximate surface area is 67.7 Å². The minimum Gasteiger partial charge on any atom is -0.312 e. The molecule has 0 radical (unpaired) electrons. The maximum atomic E-state index is 4.25. The van der Waals surface area contributed by atoms with Crippen molar-refractivity contribution in [1.29, 1.82) is 0 Å². The van der Waals surface area contributed by atoms with E-state index < -0.39 is 0 Å². The number of hydrogen-bond acceptors (Lipinski definition) is 2. The first-order chi connectivity index (χ1) is 5.24. The molecule has 2 nitrogen and oxygen atoms in total. The van der Waals surface area contributed by atoms with Crippen molar-refractivity contribution in [2.45, 2.75) is 19.9 Å². The van der Waals surface area contributed by atoms with E-state index in [4.69, 9.17) is 0 Å². The van der Waals surface area contributed by atoms with Crippen LogP contribution in [0.4, 0.5) is 0 Å². The number of aryl methyl sites for hydroxylation is 1. The van der Waals surface area contributed by atoms with Gasteiger partial charge in [-0.05, 0) is 38.6 Å². The van der Waals surface area contributed by atoms with Crippen molar-refractivity contribution >= 4 is 0 Å². The summed E-state index contributed by atoms with van der Waals surface area (Å²) in [4.78, 5) is 4.25. The second-order valence-corrected chi connectivity index (χ2v) is 2.77. The molecule has 11 heavy (non-hydrogen) atoms. The van der Waals surface area contributed by atoms with Crippen molar-refractivity contribution in [1.82, 2.24) is 10.3 Å². The van der Waals surface area contributed by atoms with E-state index in [9.17, 15) is 0 Å². The van der Waals surface area contributed by atoms with Gasteiger partial charge < -0.3 is 5.32 Å². The van der Waals surface area contributed by atoms with Gasteiger partial charge in [-0.2, -0.15) is 0 Å². The fraction of sp³-hybridized carbons (Fsp3) is 0.444. The third-order valence-corrected chi connectivity index (χ3v) is 1.81. The van der Waals surface area contributed by atoms with Crippen molar-refractivity contribution in [3.63, 3.8) is 0 Å². The van der Waals surface area contributed by atoms with Crippen LogP contribution < -0.4 is 5.32 Å². The summed E-state index contributed by atoms with van der Waals surface area (Å²) in [6.45, 7) is 4.18. The number of hydrogen-bond donors (Lipinski definition) is 1. The van der Waals surface area contributed by atoms with Crippen molar-refractivity contribution in [2.24, 2.45) is 0 Å². The highest BCUT2D eigenvalue weighted by atomic mass is 14.9. The zero-order chi connectivity index (χ0) is 8.27. The predicted molar refractivity (Wildman–Crippen MR) is 46.4 cm³/mol. The van der Waals surface area contributed by atoms with Crippen LogP contribution >= 0.6 is 0 Å². The van der Waals surface area contributed by atoms with Crippen LogP contribution in [0.3, 0.4) is 0 Å². The molecule has 0 saturated heterocycles. The fourth-order valence-electron chi connectivity index (χ4n) is 0.944. The minimum absolute atomic E-state index is 0.342. The van der Waals surface area contributed by atoms with Crippen LogP contribution in [0.2, 0.25) is 0 Å². The number of nitrogens with one attached hydrogen (secondary N) is 1. The highest BCUT2D eigenvalue weighted by molar-refractivity contribution is 5.16. The molecule has 0 amide bonds.